The number of benzene rings is 2. The zero-order chi connectivity index (χ0) is 25.8. The van der Waals surface area contributed by atoms with Crippen LogP contribution in [-0.4, -0.2) is 28.0 Å². The van der Waals surface area contributed by atoms with Crippen LogP contribution in [0.5, 0.6) is 0 Å². The molecule has 0 saturated carbocycles. The summed E-state index contributed by atoms with van der Waals surface area (Å²) in [7, 11) is 0. The Bertz CT molecular complexity index is 1160. The summed E-state index contributed by atoms with van der Waals surface area (Å²) in [6.07, 6.45) is 0. The van der Waals surface area contributed by atoms with E-state index in [1.807, 2.05) is 62.3 Å². The van der Waals surface area contributed by atoms with E-state index >= 15 is 0 Å². The number of fused-ring (bicyclic) bond motifs is 1. The van der Waals surface area contributed by atoms with E-state index in [-0.39, 0.29) is 23.0 Å². The van der Waals surface area contributed by atoms with Crippen molar-refractivity contribution in [2.75, 3.05) is 10.6 Å². The Labute approximate surface area is 206 Å². The molecular formula is C26H37N5O2S. The third-order valence-corrected chi connectivity index (χ3v) is 5.21. The molecule has 1 heterocycles. The minimum Gasteiger partial charge on any atom is -0.333 e. The molecule has 0 unspecified atom stereocenters. The van der Waals surface area contributed by atoms with Crippen molar-refractivity contribution >= 4 is 44.3 Å². The van der Waals surface area contributed by atoms with E-state index in [2.05, 4.69) is 33.1 Å². The molecule has 0 spiro atoms. The van der Waals surface area contributed by atoms with Crippen LogP contribution in [0.25, 0.3) is 10.2 Å². The number of thiazole rings is 1. The van der Waals surface area contributed by atoms with Gasteiger partial charge < -0.3 is 16.4 Å². The van der Waals surface area contributed by atoms with Crippen LogP contribution in [0.3, 0.4) is 0 Å². The van der Waals surface area contributed by atoms with Gasteiger partial charge in [-0.3, -0.25) is 10.1 Å². The van der Waals surface area contributed by atoms with E-state index in [0.29, 0.717) is 10.7 Å². The topological polar surface area (TPSA) is 109 Å². The summed E-state index contributed by atoms with van der Waals surface area (Å²) in [4.78, 5) is 29.3. The number of urea groups is 1. The minimum atomic E-state index is -0.335. The number of nitrogens with two attached hydrogens (primary N) is 1. The molecule has 184 valence electrons. The van der Waals surface area contributed by atoms with Gasteiger partial charge in [0.1, 0.15) is 0 Å². The third-order valence-electron chi connectivity index (χ3n) is 4.28. The highest BCUT2D eigenvalue weighted by atomic mass is 32.1. The molecule has 34 heavy (non-hydrogen) atoms. The average molecular weight is 484 g/mol. The molecule has 0 aliphatic carbocycles. The molecule has 0 saturated heterocycles. The monoisotopic (exact) mass is 483 g/mol. The molecule has 0 atom stereocenters. The maximum Gasteiger partial charge on any atom is 0.321 e. The Morgan fingerprint density at radius 1 is 0.912 bits per heavy atom. The number of nitrogens with zero attached hydrogens (tertiary/aromatic N) is 1. The number of carbonyl (C=O) groups is 2. The number of aromatic nitrogens is 1. The molecule has 7 nitrogen and oxygen atoms in total. The van der Waals surface area contributed by atoms with Crippen molar-refractivity contribution in [2.45, 2.75) is 73.4 Å². The van der Waals surface area contributed by atoms with Crippen molar-refractivity contribution in [3.63, 3.8) is 0 Å². The molecule has 2 aromatic carbocycles. The second-order valence-electron chi connectivity index (χ2n) is 10.6. The normalized spacial score (nSPS) is 11.5. The fourth-order valence-corrected chi connectivity index (χ4v) is 4.05. The van der Waals surface area contributed by atoms with Crippen LogP contribution in [0.2, 0.25) is 0 Å². The van der Waals surface area contributed by atoms with Gasteiger partial charge in [0.05, 0.1) is 10.2 Å². The van der Waals surface area contributed by atoms with Crippen molar-refractivity contribution in [1.29, 1.82) is 0 Å². The van der Waals surface area contributed by atoms with Gasteiger partial charge >= 0.3 is 6.03 Å². The summed E-state index contributed by atoms with van der Waals surface area (Å²) in [5.74, 6) is -0.171. The van der Waals surface area contributed by atoms with Gasteiger partial charge in [-0.1, -0.05) is 29.0 Å². The average Bonchev–Trinajstić information content (AvgIpc) is 3.02. The SMILES string of the molecule is CC(C)(C)N.Cc1cc(C)c(NC(=O)c2ccc3nc(NC(=O)NC(C)(C)C)sc3c2)c(C)c1. The first kappa shape index (κ1) is 27.3. The number of aryl methyl sites for hydroxylation is 3. The van der Waals surface area contributed by atoms with Crippen LogP contribution in [0.15, 0.2) is 30.3 Å². The number of carbonyl (C=O) groups excluding carboxylic acids is 2. The first-order chi connectivity index (χ1) is 15.5. The quantitative estimate of drug-likeness (QED) is 0.359. The van der Waals surface area contributed by atoms with Crippen LogP contribution < -0.4 is 21.7 Å². The highest BCUT2D eigenvalue weighted by Crippen LogP contribution is 2.28. The standard InChI is InChI=1S/C22H26N4O2S.C4H11N/c1-12-9-13(2)18(14(3)10-12)24-19(27)15-7-8-16-17(11-15)29-21(23-16)25-20(28)26-22(4,5)6;1-4(2,3)5/h7-11H,1-6H3,(H,24,27)(H2,23,25,26,28);5H2,1-3H3. The molecule has 3 amide bonds. The number of nitrogens with one attached hydrogen (secondary N) is 3. The van der Waals surface area contributed by atoms with Crippen molar-refractivity contribution in [2.24, 2.45) is 5.73 Å². The molecule has 0 bridgehead atoms. The Morgan fingerprint density at radius 3 is 2.00 bits per heavy atom. The predicted octanol–water partition coefficient (Wildman–Crippen LogP) is 6.14. The van der Waals surface area contributed by atoms with E-state index in [9.17, 15) is 9.59 Å². The maximum atomic E-state index is 12.8. The van der Waals surface area contributed by atoms with Crippen molar-refractivity contribution < 1.29 is 9.59 Å². The Morgan fingerprint density at radius 2 is 1.47 bits per heavy atom. The van der Waals surface area contributed by atoms with Gasteiger partial charge in [0.15, 0.2) is 5.13 Å². The lowest BCUT2D eigenvalue weighted by Gasteiger charge is -2.19. The van der Waals surface area contributed by atoms with Gasteiger partial charge in [0.25, 0.3) is 5.91 Å². The lowest BCUT2D eigenvalue weighted by molar-refractivity contribution is 0.102. The molecule has 3 aromatic rings. The van der Waals surface area contributed by atoms with Crippen LogP contribution in [0.4, 0.5) is 15.6 Å². The van der Waals surface area contributed by atoms with Crippen LogP contribution in [0.1, 0.15) is 68.6 Å². The lowest BCUT2D eigenvalue weighted by atomic mass is 10.0. The maximum absolute atomic E-state index is 12.8. The number of amides is 3. The second kappa shape index (κ2) is 10.5. The number of hydrogen-bond acceptors (Lipinski definition) is 5. The second-order valence-corrected chi connectivity index (χ2v) is 11.7. The molecule has 0 fully saturated rings. The van der Waals surface area contributed by atoms with Crippen molar-refractivity contribution in [1.82, 2.24) is 10.3 Å². The van der Waals surface area contributed by atoms with Gasteiger partial charge in [0.2, 0.25) is 0 Å². The number of anilines is 2. The number of hydrogen-bond donors (Lipinski definition) is 4. The Balaban J connectivity index is 0.000000739. The van der Waals surface area contributed by atoms with Gasteiger partial charge in [-0.05, 0) is 91.6 Å². The van der Waals surface area contributed by atoms with Gasteiger partial charge in [-0.15, -0.1) is 0 Å². The highest BCUT2D eigenvalue weighted by molar-refractivity contribution is 7.22. The fraction of sp³-hybridized carbons (Fsp3) is 0.423. The first-order valence-corrected chi connectivity index (χ1v) is 12.0. The molecule has 0 aliphatic rings. The van der Waals surface area contributed by atoms with Crippen molar-refractivity contribution in [3.8, 4) is 0 Å². The van der Waals surface area contributed by atoms with E-state index < -0.39 is 0 Å². The largest absolute Gasteiger partial charge is 0.333 e. The van der Waals surface area contributed by atoms with Crippen LogP contribution in [0, 0.1) is 20.8 Å². The van der Waals surface area contributed by atoms with Crippen LogP contribution >= 0.6 is 11.3 Å². The highest BCUT2D eigenvalue weighted by Gasteiger charge is 2.16. The summed E-state index contributed by atoms with van der Waals surface area (Å²) in [6, 6.07) is 9.14. The summed E-state index contributed by atoms with van der Waals surface area (Å²) in [5, 5.41) is 9.10. The Kier molecular flexibility index (Phi) is 8.45. The first-order valence-electron chi connectivity index (χ1n) is 11.2. The zero-order valence-corrected chi connectivity index (χ0v) is 22.5. The summed E-state index contributed by atoms with van der Waals surface area (Å²) in [5.41, 5.74) is 10.4. The Hall–Kier alpha value is -2.97. The molecule has 1 aromatic heterocycles. The minimum absolute atomic E-state index is 0. The predicted molar refractivity (Wildman–Crippen MR) is 144 cm³/mol. The molecule has 5 N–H and O–H groups in total. The molecule has 8 heteroatoms. The van der Waals surface area contributed by atoms with Crippen molar-refractivity contribution in [3.05, 3.63) is 52.6 Å². The van der Waals surface area contributed by atoms with E-state index in [1.54, 1.807) is 18.2 Å². The molecule has 0 aliphatic heterocycles. The molecular weight excluding hydrogens is 446 g/mol. The third kappa shape index (κ3) is 8.76. The van der Waals surface area contributed by atoms with Gasteiger partial charge in [0, 0.05) is 22.3 Å². The smallest absolute Gasteiger partial charge is 0.321 e. The number of rotatable bonds is 3. The fourth-order valence-electron chi connectivity index (χ4n) is 3.15. The molecule has 3 rings (SSSR count). The summed E-state index contributed by atoms with van der Waals surface area (Å²) < 4.78 is 0.834. The molecule has 0 radical (unpaired) electrons. The van der Waals surface area contributed by atoms with Crippen LogP contribution in [-0.2, 0) is 0 Å². The van der Waals surface area contributed by atoms with E-state index in [0.717, 1.165) is 27.0 Å². The zero-order valence-electron chi connectivity index (χ0n) is 21.6. The van der Waals surface area contributed by atoms with Gasteiger partial charge in [-0.2, -0.15) is 0 Å². The van der Waals surface area contributed by atoms with E-state index in [4.69, 9.17) is 5.73 Å². The summed E-state index contributed by atoms with van der Waals surface area (Å²) in [6.45, 7) is 17.6. The van der Waals surface area contributed by atoms with E-state index in [1.165, 1.54) is 16.9 Å². The summed E-state index contributed by atoms with van der Waals surface area (Å²) >= 11 is 1.33. The van der Waals surface area contributed by atoms with Gasteiger partial charge in [-0.25, -0.2) is 9.78 Å². The lowest BCUT2D eigenvalue weighted by Crippen LogP contribution is -2.43.